The molecule has 2 rings (SSSR count). The summed E-state index contributed by atoms with van der Waals surface area (Å²) < 4.78 is 5.66. The van der Waals surface area contributed by atoms with Crippen LogP contribution in [0.5, 0.6) is 0 Å². The number of rotatable bonds is 3. The molecule has 0 aliphatic carbocycles. The molecule has 5 heteroatoms. The molecule has 1 unspecified atom stereocenters. The van der Waals surface area contributed by atoms with Gasteiger partial charge in [-0.1, -0.05) is 18.5 Å². The maximum absolute atomic E-state index is 12.3. The number of halogens is 1. The minimum atomic E-state index is -0.180. The first-order chi connectivity index (χ1) is 9.39. The zero-order chi connectivity index (χ0) is 14.8. The number of carbonyl (C=O) groups excluding carboxylic acids is 1. The highest BCUT2D eigenvalue weighted by atomic mass is 35.5. The molecule has 0 radical (unpaired) electrons. The summed E-state index contributed by atoms with van der Waals surface area (Å²) in [7, 11) is 0. The molecule has 1 aliphatic heterocycles. The van der Waals surface area contributed by atoms with Gasteiger partial charge in [-0.3, -0.25) is 4.79 Å². The van der Waals surface area contributed by atoms with Crippen molar-refractivity contribution in [3.05, 3.63) is 28.5 Å². The van der Waals surface area contributed by atoms with Crippen molar-refractivity contribution in [2.45, 2.75) is 51.7 Å². The number of aromatic nitrogens is 1. The average Bonchev–Trinajstić information content (AvgIpc) is 2.36. The molecule has 1 N–H and O–H groups in total. The molecule has 0 aromatic carbocycles. The Labute approximate surface area is 124 Å². The Bertz CT molecular complexity index is 503. The number of nitrogens with one attached hydrogen (secondary N) is 1. The first kappa shape index (κ1) is 15.3. The lowest BCUT2D eigenvalue weighted by molar-refractivity contribution is -0.0615. The summed E-state index contributed by atoms with van der Waals surface area (Å²) >= 11 is 5.95. The average molecular weight is 297 g/mol. The summed E-state index contributed by atoms with van der Waals surface area (Å²) in [6.07, 6.45) is 2.41. The highest BCUT2D eigenvalue weighted by Gasteiger charge is 2.29. The van der Waals surface area contributed by atoms with E-state index in [-0.39, 0.29) is 17.6 Å². The van der Waals surface area contributed by atoms with Crippen molar-refractivity contribution >= 4 is 17.5 Å². The molecular formula is C15H21ClN2O2. The lowest BCUT2D eigenvalue weighted by Crippen LogP contribution is -2.45. The molecular weight excluding hydrogens is 276 g/mol. The molecule has 1 saturated heterocycles. The van der Waals surface area contributed by atoms with Crippen LogP contribution >= 0.6 is 11.6 Å². The van der Waals surface area contributed by atoms with E-state index in [4.69, 9.17) is 16.3 Å². The zero-order valence-electron chi connectivity index (χ0n) is 12.2. The minimum Gasteiger partial charge on any atom is -0.375 e. The van der Waals surface area contributed by atoms with Gasteiger partial charge in [-0.15, -0.1) is 0 Å². The molecule has 20 heavy (non-hydrogen) atoms. The highest BCUT2D eigenvalue weighted by molar-refractivity contribution is 6.29. The maximum Gasteiger partial charge on any atom is 0.251 e. The van der Waals surface area contributed by atoms with Crippen molar-refractivity contribution in [1.29, 1.82) is 0 Å². The fourth-order valence-corrected chi connectivity index (χ4v) is 2.71. The predicted octanol–water partition coefficient (Wildman–Crippen LogP) is 2.98. The number of pyridine rings is 1. The molecule has 0 spiro atoms. The van der Waals surface area contributed by atoms with Crippen molar-refractivity contribution in [1.82, 2.24) is 10.3 Å². The Morgan fingerprint density at radius 2 is 2.30 bits per heavy atom. The van der Waals surface area contributed by atoms with E-state index >= 15 is 0 Å². The Morgan fingerprint density at radius 3 is 2.95 bits per heavy atom. The molecule has 1 aliphatic rings. The highest BCUT2D eigenvalue weighted by Crippen LogP contribution is 2.24. The molecule has 1 aromatic heterocycles. The van der Waals surface area contributed by atoms with E-state index in [0.717, 1.165) is 25.0 Å². The summed E-state index contributed by atoms with van der Waals surface area (Å²) in [5.41, 5.74) is 1.22. The molecule has 0 bridgehead atoms. The van der Waals surface area contributed by atoms with Gasteiger partial charge >= 0.3 is 0 Å². The molecule has 1 aromatic rings. The predicted molar refractivity (Wildman–Crippen MR) is 79.1 cm³/mol. The summed E-state index contributed by atoms with van der Waals surface area (Å²) in [6.45, 7) is 6.75. The smallest absolute Gasteiger partial charge is 0.251 e. The third-order valence-electron chi connectivity index (χ3n) is 3.50. The number of hydrogen-bond donors (Lipinski definition) is 1. The fraction of sp³-hybridized carbons (Fsp3) is 0.600. The van der Waals surface area contributed by atoms with Gasteiger partial charge in [-0.25, -0.2) is 4.98 Å². The largest absolute Gasteiger partial charge is 0.375 e. The van der Waals surface area contributed by atoms with Crippen LogP contribution in [0.4, 0.5) is 0 Å². The SMILES string of the molecule is CCc1cc(C(=O)NC2CCOC(C)(C)C2)cc(Cl)n1. The van der Waals surface area contributed by atoms with Crippen LogP contribution in [0.25, 0.3) is 0 Å². The van der Waals surface area contributed by atoms with Gasteiger partial charge in [-0.05, 0) is 45.2 Å². The van der Waals surface area contributed by atoms with Gasteiger partial charge in [0.2, 0.25) is 0 Å². The summed E-state index contributed by atoms with van der Waals surface area (Å²) in [4.78, 5) is 16.5. The summed E-state index contributed by atoms with van der Waals surface area (Å²) in [6, 6.07) is 3.55. The van der Waals surface area contributed by atoms with Crippen LogP contribution in [0, 0.1) is 0 Å². The van der Waals surface area contributed by atoms with E-state index in [1.807, 2.05) is 20.8 Å². The zero-order valence-corrected chi connectivity index (χ0v) is 13.0. The monoisotopic (exact) mass is 296 g/mol. The normalized spacial score (nSPS) is 21.5. The minimum absolute atomic E-state index is 0.0910. The number of aryl methyl sites for hydroxylation is 1. The molecule has 2 heterocycles. The van der Waals surface area contributed by atoms with E-state index in [2.05, 4.69) is 10.3 Å². The van der Waals surface area contributed by atoms with Gasteiger partial charge in [0.1, 0.15) is 5.15 Å². The third kappa shape index (κ3) is 3.93. The summed E-state index contributed by atoms with van der Waals surface area (Å²) in [5, 5.41) is 3.43. The molecule has 1 amide bonds. The van der Waals surface area contributed by atoms with Gasteiger partial charge in [0, 0.05) is 23.9 Å². The van der Waals surface area contributed by atoms with Gasteiger partial charge in [0.25, 0.3) is 5.91 Å². The van der Waals surface area contributed by atoms with Crippen LogP contribution in [-0.4, -0.2) is 29.1 Å². The molecule has 0 saturated carbocycles. The Hall–Kier alpha value is -1.13. The second-order valence-electron chi connectivity index (χ2n) is 5.79. The van der Waals surface area contributed by atoms with Gasteiger partial charge in [0.05, 0.1) is 5.60 Å². The molecule has 110 valence electrons. The summed E-state index contributed by atoms with van der Waals surface area (Å²) in [5.74, 6) is -0.0910. The van der Waals surface area contributed by atoms with Gasteiger partial charge in [0.15, 0.2) is 0 Å². The Morgan fingerprint density at radius 1 is 1.55 bits per heavy atom. The van der Waals surface area contributed by atoms with Crippen molar-refractivity contribution in [2.75, 3.05) is 6.61 Å². The van der Waals surface area contributed by atoms with E-state index in [1.54, 1.807) is 12.1 Å². The first-order valence-corrected chi connectivity index (χ1v) is 7.39. The number of ether oxygens (including phenoxy) is 1. The number of amides is 1. The lowest BCUT2D eigenvalue weighted by atomic mass is 9.94. The van der Waals surface area contributed by atoms with Crippen molar-refractivity contribution < 1.29 is 9.53 Å². The van der Waals surface area contributed by atoms with Gasteiger partial charge < -0.3 is 10.1 Å². The first-order valence-electron chi connectivity index (χ1n) is 7.01. The second kappa shape index (κ2) is 6.10. The van der Waals surface area contributed by atoms with Crippen LogP contribution in [0.2, 0.25) is 5.15 Å². The lowest BCUT2D eigenvalue weighted by Gasteiger charge is -2.35. The van der Waals surface area contributed by atoms with Gasteiger partial charge in [-0.2, -0.15) is 0 Å². The van der Waals surface area contributed by atoms with Crippen LogP contribution < -0.4 is 5.32 Å². The fourth-order valence-electron chi connectivity index (χ4n) is 2.49. The number of nitrogens with zero attached hydrogens (tertiary/aromatic N) is 1. The van der Waals surface area contributed by atoms with Crippen molar-refractivity contribution in [3.8, 4) is 0 Å². The topological polar surface area (TPSA) is 51.2 Å². The van der Waals surface area contributed by atoms with E-state index in [0.29, 0.717) is 17.3 Å². The Balaban J connectivity index is 2.06. The van der Waals surface area contributed by atoms with E-state index < -0.39 is 0 Å². The standard InChI is InChI=1S/C15H21ClN2O2/c1-4-11-7-10(8-13(16)17-11)14(19)18-12-5-6-20-15(2,3)9-12/h7-8,12H,4-6,9H2,1-3H3,(H,18,19). The van der Waals surface area contributed by atoms with Crippen LogP contribution in [0.15, 0.2) is 12.1 Å². The van der Waals surface area contributed by atoms with Crippen molar-refractivity contribution in [2.24, 2.45) is 0 Å². The quantitative estimate of drug-likeness (QED) is 0.873. The van der Waals surface area contributed by atoms with Crippen molar-refractivity contribution in [3.63, 3.8) is 0 Å². The molecule has 1 atom stereocenters. The number of hydrogen-bond acceptors (Lipinski definition) is 3. The Kier molecular flexibility index (Phi) is 4.66. The van der Waals surface area contributed by atoms with E-state index in [9.17, 15) is 4.79 Å². The van der Waals surface area contributed by atoms with Crippen LogP contribution in [0.3, 0.4) is 0 Å². The second-order valence-corrected chi connectivity index (χ2v) is 6.18. The van der Waals surface area contributed by atoms with E-state index in [1.165, 1.54) is 0 Å². The van der Waals surface area contributed by atoms with Crippen LogP contribution in [0.1, 0.15) is 49.7 Å². The molecule has 4 nitrogen and oxygen atoms in total. The molecule has 1 fully saturated rings. The van der Waals surface area contributed by atoms with Crippen LogP contribution in [-0.2, 0) is 11.2 Å². The number of carbonyl (C=O) groups is 1. The third-order valence-corrected chi connectivity index (χ3v) is 3.70. The maximum atomic E-state index is 12.3.